The molecule has 0 unspecified atom stereocenters. The number of hydrogen-bond acceptors (Lipinski definition) is 3. The standard InChI is InChI=1S/C19H19N3/c1-22(2)14-15-12-18(16-8-4-3-5-9-16)21-19(13-15)17-10-6-7-11-20-17/h3-13H,14H2,1-2H3. The fourth-order valence-corrected chi connectivity index (χ4v) is 2.45. The average Bonchev–Trinajstić information content (AvgIpc) is 2.55. The minimum atomic E-state index is 0.877. The molecule has 0 saturated carbocycles. The molecule has 0 spiro atoms. The van der Waals surface area contributed by atoms with Gasteiger partial charge < -0.3 is 4.90 Å². The lowest BCUT2D eigenvalue weighted by Crippen LogP contribution is -2.11. The third-order valence-electron chi connectivity index (χ3n) is 3.38. The molecular weight excluding hydrogens is 270 g/mol. The Morgan fingerprint density at radius 1 is 0.818 bits per heavy atom. The van der Waals surface area contributed by atoms with Crippen LogP contribution in [0.3, 0.4) is 0 Å². The monoisotopic (exact) mass is 289 g/mol. The van der Waals surface area contributed by atoms with E-state index >= 15 is 0 Å². The second-order valence-corrected chi connectivity index (χ2v) is 5.56. The van der Waals surface area contributed by atoms with E-state index in [9.17, 15) is 0 Å². The lowest BCUT2D eigenvalue weighted by molar-refractivity contribution is 0.402. The maximum Gasteiger partial charge on any atom is 0.0896 e. The minimum absolute atomic E-state index is 0.877. The highest BCUT2D eigenvalue weighted by molar-refractivity contribution is 5.65. The van der Waals surface area contributed by atoms with Crippen LogP contribution in [0.5, 0.6) is 0 Å². The SMILES string of the molecule is CN(C)Cc1cc(-c2ccccc2)nc(-c2ccccn2)c1. The van der Waals surface area contributed by atoms with Crippen molar-refractivity contribution in [1.82, 2.24) is 14.9 Å². The van der Waals surface area contributed by atoms with Crippen molar-refractivity contribution >= 4 is 0 Å². The van der Waals surface area contributed by atoms with Crippen molar-refractivity contribution in [2.75, 3.05) is 14.1 Å². The molecule has 0 aliphatic rings. The van der Waals surface area contributed by atoms with Gasteiger partial charge in [0.15, 0.2) is 0 Å². The summed E-state index contributed by atoms with van der Waals surface area (Å²) < 4.78 is 0. The van der Waals surface area contributed by atoms with Crippen molar-refractivity contribution in [3.05, 3.63) is 72.4 Å². The lowest BCUT2D eigenvalue weighted by Gasteiger charge is -2.13. The fourth-order valence-electron chi connectivity index (χ4n) is 2.45. The zero-order valence-electron chi connectivity index (χ0n) is 12.9. The first kappa shape index (κ1) is 14.4. The van der Waals surface area contributed by atoms with Gasteiger partial charge in [-0.05, 0) is 43.9 Å². The Hall–Kier alpha value is -2.52. The number of aromatic nitrogens is 2. The number of hydrogen-bond donors (Lipinski definition) is 0. The summed E-state index contributed by atoms with van der Waals surface area (Å²) in [5.74, 6) is 0. The number of pyridine rings is 2. The zero-order valence-corrected chi connectivity index (χ0v) is 12.9. The molecule has 0 saturated heterocycles. The summed E-state index contributed by atoms with van der Waals surface area (Å²) in [7, 11) is 4.14. The van der Waals surface area contributed by atoms with Gasteiger partial charge in [-0.25, -0.2) is 4.98 Å². The summed E-state index contributed by atoms with van der Waals surface area (Å²) in [6.07, 6.45) is 1.80. The van der Waals surface area contributed by atoms with Crippen molar-refractivity contribution in [2.24, 2.45) is 0 Å². The van der Waals surface area contributed by atoms with Crippen LogP contribution in [-0.2, 0) is 6.54 Å². The molecule has 2 aromatic heterocycles. The largest absolute Gasteiger partial charge is 0.305 e. The molecule has 0 aliphatic carbocycles. The van der Waals surface area contributed by atoms with Crippen LogP contribution in [0.4, 0.5) is 0 Å². The van der Waals surface area contributed by atoms with E-state index in [-0.39, 0.29) is 0 Å². The molecule has 0 atom stereocenters. The summed E-state index contributed by atoms with van der Waals surface area (Å²) >= 11 is 0. The Labute approximate surface area is 131 Å². The smallest absolute Gasteiger partial charge is 0.0896 e. The lowest BCUT2D eigenvalue weighted by atomic mass is 10.1. The Balaban J connectivity index is 2.10. The van der Waals surface area contributed by atoms with Gasteiger partial charge in [0.05, 0.1) is 17.1 Å². The topological polar surface area (TPSA) is 29.0 Å². The van der Waals surface area contributed by atoms with E-state index in [0.717, 1.165) is 29.2 Å². The highest BCUT2D eigenvalue weighted by Crippen LogP contribution is 2.24. The van der Waals surface area contributed by atoms with Gasteiger partial charge in [-0.1, -0.05) is 36.4 Å². The summed E-state index contributed by atoms with van der Waals surface area (Å²) in [6.45, 7) is 0.877. The van der Waals surface area contributed by atoms with Crippen LogP contribution in [0.25, 0.3) is 22.6 Å². The second kappa shape index (κ2) is 6.50. The van der Waals surface area contributed by atoms with Crippen LogP contribution in [0.15, 0.2) is 66.9 Å². The molecule has 0 bridgehead atoms. The molecule has 22 heavy (non-hydrogen) atoms. The molecule has 3 aromatic rings. The van der Waals surface area contributed by atoms with Gasteiger partial charge in [-0.2, -0.15) is 0 Å². The highest BCUT2D eigenvalue weighted by atomic mass is 15.0. The van der Waals surface area contributed by atoms with E-state index < -0.39 is 0 Å². The quantitative estimate of drug-likeness (QED) is 0.730. The summed E-state index contributed by atoms with van der Waals surface area (Å²) in [5.41, 5.74) is 5.17. The molecule has 0 N–H and O–H groups in total. The van der Waals surface area contributed by atoms with E-state index in [4.69, 9.17) is 4.98 Å². The third-order valence-corrected chi connectivity index (χ3v) is 3.38. The van der Waals surface area contributed by atoms with E-state index in [1.807, 2.05) is 36.4 Å². The van der Waals surface area contributed by atoms with Crippen molar-refractivity contribution in [3.8, 4) is 22.6 Å². The highest BCUT2D eigenvalue weighted by Gasteiger charge is 2.08. The predicted molar refractivity (Wildman–Crippen MR) is 90.3 cm³/mol. The molecule has 0 amide bonds. The Morgan fingerprint density at radius 2 is 1.55 bits per heavy atom. The molecule has 2 heterocycles. The van der Waals surface area contributed by atoms with E-state index in [0.29, 0.717) is 0 Å². The minimum Gasteiger partial charge on any atom is -0.305 e. The normalized spacial score (nSPS) is 10.9. The maximum absolute atomic E-state index is 4.80. The number of nitrogens with zero attached hydrogens (tertiary/aromatic N) is 3. The molecule has 0 radical (unpaired) electrons. The van der Waals surface area contributed by atoms with Crippen LogP contribution in [-0.4, -0.2) is 29.0 Å². The van der Waals surface area contributed by atoms with Gasteiger partial charge in [0.1, 0.15) is 0 Å². The molecule has 1 aromatic carbocycles. The first-order chi connectivity index (χ1) is 10.7. The Kier molecular flexibility index (Phi) is 4.26. The number of rotatable bonds is 4. The van der Waals surface area contributed by atoms with Crippen LogP contribution in [0.1, 0.15) is 5.56 Å². The van der Waals surface area contributed by atoms with Crippen molar-refractivity contribution in [1.29, 1.82) is 0 Å². The molecule has 0 aliphatic heterocycles. The van der Waals surface area contributed by atoms with Gasteiger partial charge in [-0.15, -0.1) is 0 Å². The fraction of sp³-hybridized carbons (Fsp3) is 0.158. The van der Waals surface area contributed by atoms with Crippen LogP contribution in [0, 0.1) is 0 Å². The number of benzene rings is 1. The Bertz CT molecular complexity index is 679. The first-order valence-electron chi connectivity index (χ1n) is 7.35. The first-order valence-corrected chi connectivity index (χ1v) is 7.35. The van der Waals surface area contributed by atoms with Crippen LogP contribution < -0.4 is 0 Å². The summed E-state index contributed by atoms with van der Waals surface area (Å²) in [5, 5.41) is 0. The Morgan fingerprint density at radius 3 is 2.23 bits per heavy atom. The molecule has 110 valence electrons. The van der Waals surface area contributed by atoms with Crippen LogP contribution >= 0.6 is 0 Å². The van der Waals surface area contributed by atoms with Crippen molar-refractivity contribution in [2.45, 2.75) is 6.54 Å². The van der Waals surface area contributed by atoms with Crippen LogP contribution in [0.2, 0.25) is 0 Å². The van der Waals surface area contributed by atoms with E-state index in [1.54, 1.807) is 6.20 Å². The third kappa shape index (κ3) is 3.38. The van der Waals surface area contributed by atoms with E-state index in [2.05, 4.69) is 48.2 Å². The van der Waals surface area contributed by atoms with Crippen molar-refractivity contribution < 1.29 is 0 Å². The van der Waals surface area contributed by atoms with E-state index in [1.165, 1.54) is 5.56 Å². The average molecular weight is 289 g/mol. The maximum atomic E-state index is 4.80. The van der Waals surface area contributed by atoms with Crippen molar-refractivity contribution in [3.63, 3.8) is 0 Å². The molecular formula is C19H19N3. The summed E-state index contributed by atoms with van der Waals surface area (Å²) in [6, 6.07) is 20.5. The van der Waals surface area contributed by atoms with Gasteiger partial charge in [0, 0.05) is 18.3 Å². The molecule has 3 heteroatoms. The molecule has 3 rings (SSSR count). The van der Waals surface area contributed by atoms with Gasteiger partial charge in [0.2, 0.25) is 0 Å². The second-order valence-electron chi connectivity index (χ2n) is 5.56. The molecule has 0 fully saturated rings. The summed E-state index contributed by atoms with van der Waals surface area (Å²) in [4.78, 5) is 11.4. The van der Waals surface area contributed by atoms with Gasteiger partial charge >= 0.3 is 0 Å². The van der Waals surface area contributed by atoms with Gasteiger partial charge in [0.25, 0.3) is 0 Å². The van der Waals surface area contributed by atoms with Gasteiger partial charge in [-0.3, -0.25) is 4.98 Å². The zero-order chi connectivity index (χ0) is 15.4. The molecule has 3 nitrogen and oxygen atoms in total. The predicted octanol–water partition coefficient (Wildman–Crippen LogP) is 3.87.